The van der Waals surface area contributed by atoms with Crippen molar-refractivity contribution in [2.24, 2.45) is 5.10 Å². The third-order valence-electron chi connectivity index (χ3n) is 6.07. The van der Waals surface area contributed by atoms with Gasteiger partial charge < -0.3 is 4.74 Å². The second-order valence-electron chi connectivity index (χ2n) is 8.65. The number of nitrogens with zero attached hydrogens (tertiary/aromatic N) is 5. The van der Waals surface area contributed by atoms with Gasteiger partial charge in [-0.05, 0) is 66.9 Å². The summed E-state index contributed by atoms with van der Waals surface area (Å²) in [5.41, 5.74) is 5.00. The average molecular weight is 500 g/mol. The Balaban J connectivity index is 1.40. The number of carbonyl (C=O) groups is 1. The lowest BCUT2D eigenvalue weighted by atomic mass is 9.97. The predicted molar refractivity (Wildman–Crippen MR) is 140 cm³/mol. The van der Waals surface area contributed by atoms with E-state index < -0.39 is 5.69 Å². The summed E-state index contributed by atoms with van der Waals surface area (Å²) in [4.78, 5) is 34.3. The number of thioether (sulfide) groups is 1. The Labute approximate surface area is 212 Å². The molecular formula is C27H25N5O3S. The molecule has 182 valence electrons. The van der Waals surface area contributed by atoms with Gasteiger partial charge in [0.2, 0.25) is 0 Å². The molecule has 2 aromatic heterocycles. The monoisotopic (exact) mass is 499 g/mol. The first-order valence-electron chi connectivity index (χ1n) is 11.5. The average Bonchev–Trinajstić information content (AvgIpc) is 3.33. The summed E-state index contributed by atoms with van der Waals surface area (Å²) in [7, 11) is 1.63. The maximum Gasteiger partial charge on any atom is 0.355 e. The highest BCUT2D eigenvalue weighted by atomic mass is 32.2. The Morgan fingerprint density at radius 2 is 1.78 bits per heavy atom. The number of rotatable bonds is 6. The lowest BCUT2D eigenvalue weighted by Gasteiger charge is -2.22. The van der Waals surface area contributed by atoms with Gasteiger partial charge in [-0.15, -0.1) is 0 Å². The summed E-state index contributed by atoms with van der Waals surface area (Å²) in [6.07, 6.45) is 2.25. The number of carbonyl (C=O) groups excluding carboxylic acids is 1. The van der Waals surface area contributed by atoms with E-state index >= 15 is 0 Å². The fraction of sp³-hybridized carbons (Fsp3) is 0.222. The van der Waals surface area contributed by atoms with Crippen LogP contribution in [-0.2, 0) is 4.79 Å². The van der Waals surface area contributed by atoms with E-state index in [0.717, 1.165) is 45.5 Å². The molecule has 1 atom stereocenters. The Bertz CT molecular complexity index is 1510. The fourth-order valence-electron chi connectivity index (χ4n) is 4.10. The van der Waals surface area contributed by atoms with Crippen LogP contribution in [0.1, 0.15) is 34.7 Å². The van der Waals surface area contributed by atoms with Gasteiger partial charge in [-0.3, -0.25) is 9.20 Å². The fourth-order valence-corrected chi connectivity index (χ4v) is 4.79. The van der Waals surface area contributed by atoms with Crippen molar-refractivity contribution in [1.29, 1.82) is 0 Å². The number of aryl methyl sites for hydroxylation is 2. The third kappa shape index (κ3) is 4.87. The second kappa shape index (κ2) is 9.94. The van der Waals surface area contributed by atoms with Gasteiger partial charge in [0.25, 0.3) is 5.91 Å². The van der Waals surface area contributed by atoms with E-state index in [9.17, 15) is 9.59 Å². The number of amides is 1. The zero-order valence-electron chi connectivity index (χ0n) is 20.2. The molecule has 0 fully saturated rings. The van der Waals surface area contributed by atoms with Crippen molar-refractivity contribution in [2.75, 3.05) is 12.9 Å². The minimum absolute atomic E-state index is 0.0587. The highest BCUT2D eigenvalue weighted by Gasteiger charge is 2.33. The van der Waals surface area contributed by atoms with Crippen molar-refractivity contribution in [3.05, 3.63) is 99.6 Å². The molecule has 0 N–H and O–H groups in total. The van der Waals surface area contributed by atoms with E-state index in [0.29, 0.717) is 12.1 Å². The van der Waals surface area contributed by atoms with Crippen molar-refractivity contribution in [2.45, 2.75) is 31.5 Å². The Hall–Kier alpha value is -3.98. The van der Waals surface area contributed by atoms with Crippen molar-refractivity contribution in [3.63, 3.8) is 0 Å². The number of hydrazone groups is 1. The maximum absolute atomic E-state index is 13.4. The number of ether oxygens (including phenoxy) is 1. The van der Waals surface area contributed by atoms with Crippen LogP contribution in [0.2, 0.25) is 0 Å². The molecule has 0 unspecified atom stereocenters. The van der Waals surface area contributed by atoms with Gasteiger partial charge in [0.1, 0.15) is 11.4 Å². The lowest BCUT2D eigenvalue weighted by molar-refractivity contribution is -0.130. The summed E-state index contributed by atoms with van der Waals surface area (Å²) in [5, 5.41) is 6.54. The molecule has 0 aliphatic carbocycles. The molecule has 36 heavy (non-hydrogen) atoms. The maximum atomic E-state index is 13.4. The van der Waals surface area contributed by atoms with Crippen LogP contribution >= 0.6 is 11.8 Å². The lowest BCUT2D eigenvalue weighted by Crippen LogP contribution is -2.29. The second-order valence-corrected chi connectivity index (χ2v) is 9.60. The largest absolute Gasteiger partial charge is 0.497 e. The number of pyridine rings is 1. The number of methoxy groups -OCH3 is 1. The molecule has 4 aromatic rings. The van der Waals surface area contributed by atoms with Gasteiger partial charge in [0, 0.05) is 12.6 Å². The van der Waals surface area contributed by atoms with E-state index in [1.54, 1.807) is 18.3 Å². The van der Waals surface area contributed by atoms with E-state index in [1.165, 1.54) is 4.40 Å². The molecule has 8 nitrogen and oxygen atoms in total. The van der Waals surface area contributed by atoms with Crippen LogP contribution in [0.25, 0.3) is 5.65 Å². The van der Waals surface area contributed by atoms with Crippen LogP contribution in [0.5, 0.6) is 5.75 Å². The molecule has 0 spiro atoms. The molecule has 1 amide bonds. The molecule has 9 heteroatoms. The van der Waals surface area contributed by atoms with Crippen LogP contribution in [0, 0.1) is 13.8 Å². The van der Waals surface area contributed by atoms with Crippen LogP contribution in [-0.4, -0.2) is 43.9 Å². The van der Waals surface area contributed by atoms with E-state index in [2.05, 4.69) is 9.97 Å². The van der Waals surface area contributed by atoms with Gasteiger partial charge in [-0.2, -0.15) is 10.1 Å². The number of aromatic nitrogens is 3. The minimum Gasteiger partial charge on any atom is -0.497 e. The zero-order valence-corrected chi connectivity index (χ0v) is 21.0. The molecule has 2 aromatic carbocycles. The quantitative estimate of drug-likeness (QED) is 0.370. The number of fused-ring (bicyclic) bond motifs is 1. The van der Waals surface area contributed by atoms with Crippen LogP contribution in [0.3, 0.4) is 0 Å². The minimum atomic E-state index is -0.423. The molecule has 0 bridgehead atoms. The highest BCUT2D eigenvalue weighted by Crippen LogP contribution is 2.34. The van der Waals surface area contributed by atoms with E-state index in [-0.39, 0.29) is 22.9 Å². The molecular weight excluding hydrogens is 474 g/mol. The summed E-state index contributed by atoms with van der Waals surface area (Å²) in [6.45, 7) is 3.96. The number of hydrogen-bond donors (Lipinski definition) is 0. The first-order chi connectivity index (χ1) is 17.4. The van der Waals surface area contributed by atoms with Gasteiger partial charge in [-0.1, -0.05) is 41.6 Å². The first-order valence-corrected chi connectivity index (χ1v) is 12.5. The molecule has 3 heterocycles. The molecule has 5 rings (SSSR count). The smallest absolute Gasteiger partial charge is 0.355 e. The molecule has 1 aliphatic heterocycles. The van der Waals surface area contributed by atoms with Crippen molar-refractivity contribution < 1.29 is 9.53 Å². The van der Waals surface area contributed by atoms with Crippen molar-refractivity contribution >= 4 is 29.0 Å². The standard InChI is InChI=1S/C27H25N5O3S/c1-17-4-6-20(7-5-17)23-15-22(19-8-10-21(35-3)11-9-19)30-32(23)25(33)16-36-26-28-24-14-18(2)12-13-31(24)27(34)29-26/h4-14,23H,15-16H2,1-3H3/t23-/m1/s1. The zero-order chi connectivity index (χ0) is 25.2. The van der Waals surface area contributed by atoms with Gasteiger partial charge in [0.15, 0.2) is 5.16 Å². The summed E-state index contributed by atoms with van der Waals surface area (Å²) in [6, 6.07) is 19.2. The molecule has 0 saturated carbocycles. The molecule has 0 saturated heterocycles. The van der Waals surface area contributed by atoms with Crippen LogP contribution in [0.4, 0.5) is 0 Å². The third-order valence-corrected chi connectivity index (χ3v) is 6.91. The van der Waals surface area contributed by atoms with E-state index in [4.69, 9.17) is 9.84 Å². The van der Waals surface area contributed by atoms with Crippen LogP contribution in [0.15, 0.2) is 81.9 Å². The molecule has 1 aliphatic rings. The van der Waals surface area contributed by atoms with E-state index in [1.807, 2.05) is 74.5 Å². The van der Waals surface area contributed by atoms with Gasteiger partial charge >= 0.3 is 5.69 Å². The summed E-state index contributed by atoms with van der Waals surface area (Å²) in [5.74, 6) is 0.642. The Kier molecular flexibility index (Phi) is 6.56. The normalized spacial score (nSPS) is 15.2. The summed E-state index contributed by atoms with van der Waals surface area (Å²) < 4.78 is 6.65. The highest BCUT2D eigenvalue weighted by molar-refractivity contribution is 7.99. The predicted octanol–water partition coefficient (Wildman–Crippen LogP) is 4.18. The Morgan fingerprint density at radius 3 is 2.50 bits per heavy atom. The van der Waals surface area contributed by atoms with Gasteiger partial charge in [-0.25, -0.2) is 14.8 Å². The van der Waals surface area contributed by atoms with Gasteiger partial charge in [0.05, 0.1) is 24.6 Å². The molecule has 0 radical (unpaired) electrons. The first kappa shape index (κ1) is 23.7. The SMILES string of the molecule is COc1ccc(C2=NN(C(=O)CSc3nc(=O)n4ccc(C)cc4n3)[C@@H](c3ccc(C)cc3)C2)cc1. The summed E-state index contributed by atoms with van der Waals surface area (Å²) >= 11 is 1.14. The number of benzene rings is 2. The van der Waals surface area contributed by atoms with Crippen molar-refractivity contribution in [1.82, 2.24) is 19.4 Å². The van der Waals surface area contributed by atoms with Crippen LogP contribution < -0.4 is 10.4 Å². The number of hydrogen-bond acceptors (Lipinski definition) is 7. The van der Waals surface area contributed by atoms with Crippen molar-refractivity contribution in [3.8, 4) is 5.75 Å². The Morgan fingerprint density at radius 1 is 1.03 bits per heavy atom. The topological polar surface area (TPSA) is 89.2 Å².